The molecule has 1 atom stereocenters. The predicted molar refractivity (Wildman–Crippen MR) is 63.8 cm³/mol. The molecule has 16 heavy (non-hydrogen) atoms. The van der Waals surface area contributed by atoms with Gasteiger partial charge in [0.2, 0.25) is 0 Å². The van der Waals surface area contributed by atoms with Gasteiger partial charge in [-0.1, -0.05) is 36.3 Å². The molecule has 0 fully saturated rings. The van der Waals surface area contributed by atoms with Gasteiger partial charge in [-0.3, -0.25) is 5.32 Å². The highest BCUT2D eigenvalue weighted by Crippen LogP contribution is 2.21. The Hall–Kier alpha value is -1.98. The summed E-state index contributed by atoms with van der Waals surface area (Å²) in [6.07, 6.45) is 6.93. The van der Waals surface area contributed by atoms with Gasteiger partial charge in [0, 0.05) is 0 Å². The Morgan fingerprint density at radius 2 is 2.00 bits per heavy atom. The summed E-state index contributed by atoms with van der Waals surface area (Å²) >= 11 is 0. The zero-order valence-electron chi connectivity index (χ0n) is 8.89. The summed E-state index contributed by atoms with van der Waals surface area (Å²) in [7, 11) is 0. The molecule has 0 bridgehead atoms. The van der Waals surface area contributed by atoms with Crippen molar-refractivity contribution in [1.82, 2.24) is 5.32 Å². The monoisotopic (exact) mass is 211 g/mol. The van der Waals surface area contributed by atoms with Crippen molar-refractivity contribution in [3.8, 4) is 12.3 Å². The Morgan fingerprint density at radius 1 is 1.19 bits per heavy atom. The molecule has 0 saturated heterocycles. The normalized spacial score (nSPS) is 11.9. The van der Waals surface area contributed by atoms with Crippen LogP contribution in [0.3, 0.4) is 0 Å². The number of benzene rings is 1. The van der Waals surface area contributed by atoms with Gasteiger partial charge in [0.1, 0.15) is 5.76 Å². The summed E-state index contributed by atoms with van der Waals surface area (Å²) in [6.45, 7) is 0.514. The van der Waals surface area contributed by atoms with Gasteiger partial charge in [0.15, 0.2) is 0 Å². The van der Waals surface area contributed by atoms with Gasteiger partial charge in [-0.25, -0.2) is 0 Å². The SMILES string of the molecule is C#CCNC(c1ccccc1)c1ccco1. The van der Waals surface area contributed by atoms with Crippen molar-refractivity contribution in [3.05, 3.63) is 60.1 Å². The fraction of sp³-hybridized carbons (Fsp3) is 0.143. The van der Waals surface area contributed by atoms with Gasteiger partial charge in [0.25, 0.3) is 0 Å². The molecular formula is C14H13NO. The highest BCUT2D eigenvalue weighted by atomic mass is 16.3. The molecule has 0 aliphatic carbocycles. The number of furan rings is 1. The van der Waals surface area contributed by atoms with E-state index in [4.69, 9.17) is 10.8 Å². The minimum atomic E-state index is 0.0206. The van der Waals surface area contributed by atoms with E-state index in [1.54, 1.807) is 6.26 Å². The van der Waals surface area contributed by atoms with Crippen molar-refractivity contribution in [2.75, 3.05) is 6.54 Å². The smallest absolute Gasteiger partial charge is 0.125 e. The lowest BCUT2D eigenvalue weighted by Gasteiger charge is -2.15. The molecule has 1 N–H and O–H groups in total. The summed E-state index contributed by atoms with van der Waals surface area (Å²) in [5.41, 5.74) is 1.15. The second-order valence-corrected chi connectivity index (χ2v) is 3.44. The van der Waals surface area contributed by atoms with Crippen LogP contribution in [0.4, 0.5) is 0 Å². The topological polar surface area (TPSA) is 25.2 Å². The minimum absolute atomic E-state index is 0.0206. The molecule has 1 aromatic carbocycles. The molecule has 0 radical (unpaired) electrons. The van der Waals surface area contributed by atoms with Crippen LogP contribution in [0.15, 0.2) is 53.1 Å². The second kappa shape index (κ2) is 5.20. The summed E-state index contributed by atoms with van der Waals surface area (Å²) in [6, 6.07) is 13.9. The zero-order chi connectivity index (χ0) is 11.2. The van der Waals surface area contributed by atoms with Crippen molar-refractivity contribution in [2.24, 2.45) is 0 Å². The van der Waals surface area contributed by atoms with Crippen LogP contribution in [0.5, 0.6) is 0 Å². The Labute approximate surface area is 95.3 Å². The Kier molecular flexibility index (Phi) is 3.42. The lowest BCUT2D eigenvalue weighted by Crippen LogP contribution is -2.22. The average Bonchev–Trinajstić information content (AvgIpc) is 2.85. The van der Waals surface area contributed by atoms with Crippen LogP contribution in [-0.2, 0) is 0 Å². The Balaban J connectivity index is 2.26. The average molecular weight is 211 g/mol. The molecule has 0 aliphatic rings. The van der Waals surface area contributed by atoms with Gasteiger partial charge >= 0.3 is 0 Å². The van der Waals surface area contributed by atoms with Crippen molar-refractivity contribution in [1.29, 1.82) is 0 Å². The van der Waals surface area contributed by atoms with Gasteiger partial charge in [-0.2, -0.15) is 0 Å². The van der Waals surface area contributed by atoms with E-state index in [0.29, 0.717) is 6.54 Å². The molecule has 2 heteroatoms. The number of terminal acetylenes is 1. The van der Waals surface area contributed by atoms with Crippen molar-refractivity contribution in [3.63, 3.8) is 0 Å². The van der Waals surface area contributed by atoms with E-state index >= 15 is 0 Å². The van der Waals surface area contributed by atoms with Crippen LogP contribution in [0.2, 0.25) is 0 Å². The van der Waals surface area contributed by atoms with E-state index in [-0.39, 0.29) is 6.04 Å². The van der Waals surface area contributed by atoms with Crippen molar-refractivity contribution >= 4 is 0 Å². The van der Waals surface area contributed by atoms with Crippen LogP contribution in [0, 0.1) is 12.3 Å². The number of hydrogen-bond donors (Lipinski definition) is 1. The van der Waals surface area contributed by atoms with Gasteiger partial charge in [-0.15, -0.1) is 6.42 Å². The predicted octanol–water partition coefficient (Wildman–Crippen LogP) is 2.59. The number of rotatable bonds is 4. The van der Waals surface area contributed by atoms with E-state index < -0.39 is 0 Å². The fourth-order valence-electron chi connectivity index (χ4n) is 1.64. The zero-order valence-corrected chi connectivity index (χ0v) is 8.89. The molecule has 1 aromatic heterocycles. The first-order chi connectivity index (χ1) is 7.92. The van der Waals surface area contributed by atoms with E-state index in [2.05, 4.69) is 23.4 Å². The maximum Gasteiger partial charge on any atom is 0.125 e. The second-order valence-electron chi connectivity index (χ2n) is 3.44. The van der Waals surface area contributed by atoms with Crippen LogP contribution < -0.4 is 5.32 Å². The number of nitrogens with one attached hydrogen (secondary N) is 1. The Morgan fingerprint density at radius 3 is 2.62 bits per heavy atom. The molecule has 0 amide bonds. The van der Waals surface area contributed by atoms with E-state index in [9.17, 15) is 0 Å². The number of hydrogen-bond acceptors (Lipinski definition) is 2. The summed E-state index contributed by atoms with van der Waals surface area (Å²) in [4.78, 5) is 0. The first kappa shape index (κ1) is 10.5. The third-order valence-electron chi connectivity index (χ3n) is 2.37. The highest BCUT2D eigenvalue weighted by molar-refractivity contribution is 5.26. The van der Waals surface area contributed by atoms with Crippen LogP contribution in [0.1, 0.15) is 17.4 Å². The molecule has 0 aliphatic heterocycles. The minimum Gasteiger partial charge on any atom is -0.467 e. The fourth-order valence-corrected chi connectivity index (χ4v) is 1.64. The van der Waals surface area contributed by atoms with E-state index in [1.165, 1.54) is 0 Å². The summed E-state index contributed by atoms with van der Waals surface area (Å²) in [5.74, 6) is 3.45. The third-order valence-corrected chi connectivity index (χ3v) is 2.37. The maximum atomic E-state index is 5.42. The van der Waals surface area contributed by atoms with Crippen molar-refractivity contribution in [2.45, 2.75) is 6.04 Å². The van der Waals surface area contributed by atoms with Crippen LogP contribution in [0.25, 0.3) is 0 Å². The summed E-state index contributed by atoms with van der Waals surface area (Å²) in [5, 5.41) is 3.26. The van der Waals surface area contributed by atoms with E-state index in [0.717, 1.165) is 11.3 Å². The molecule has 2 nitrogen and oxygen atoms in total. The quantitative estimate of drug-likeness (QED) is 0.786. The standard InChI is InChI=1S/C14H13NO/c1-2-10-15-14(13-9-6-11-16-13)12-7-4-3-5-8-12/h1,3-9,11,14-15H,10H2. The van der Waals surface area contributed by atoms with E-state index in [1.807, 2.05) is 30.3 Å². The van der Waals surface area contributed by atoms with Gasteiger partial charge in [0.05, 0.1) is 18.8 Å². The van der Waals surface area contributed by atoms with Gasteiger partial charge in [-0.05, 0) is 17.7 Å². The largest absolute Gasteiger partial charge is 0.467 e. The molecule has 0 spiro atoms. The lowest BCUT2D eigenvalue weighted by molar-refractivity contribution is 0.457. The molecule has 2 aromatic rings. The molecule has 80 valence electrons. The molecular weight excluding hydrogens is 198 g/mol. The van der Waals surface area contributed by atoms with Crippen LogP contribution >= 0.6 is 0 Å². The molecule has 0 saturated carbocycles. The first-order valence-corrected chi connectivity index (χ1v) is 5.17. The third kappa shape index (κ3) is 2.33. The van der Waals surface area contributed by atoms with Crippen molar-refractivity contribution < 1.29 is 4.42 Å². The first-order valence-electron chi connectivity index (χ1n) is 5.17. The molecule has 1 heterocycles. The summed E-state index contributed by atoms with van der Waals surface area (Å²) < 4.78 is 5.42. The lowest BCUT2D eigenvalue weighted by atomic mass is 10.0. The van der Waals surface area contributed by atoms with Crippen LogP contribution in [-0.4, -0.2) is 6.54 Å². The van der Waals surface area contributed by atoms with Gasteiger partial charge < -0.3 is 4.42 Å². The molecule has 1 unspecified atom stereocenters. The maximum absolute atomic E-state index is 5.42. The molecule has 2 rings (SSSR count). The highest BCUT2D eigenvalue weighted by Gasteiger charge is 2.14. The Bertz CT molecular complexity index is 453.